The van der Waals surface area contributed by atoms with Crippen molar-refractivity contribution in [1.82, 2.24) is 19.7 Å². The van der Waals surface area contributed by atoms with Crippen LogP contribution in [0.4, 0.5) is 30.6 Å². The van der Waals surface area contributed by atoms with Crippen LogP contribution in [0.1, 0.15) is 18.1 Å². The number of amides is 1. The van der Waals surface area contributed by atoms with Crippen molar-refractivity contribution in [2.45, 2.75) is 32.2 Å². The number of likely N-dealkylation sites (N-methyl/N-ethyl adjacent to an activating group) is 2. The van der Waals surface area contributed by atoms with Crippen LogP contribution in [0.2, 0.25) is 0 Å². The van der Waals surface area contributed by atoms with Gasteiger partial charge in [-0.1, -0.05) is 0 Å². The molecule has 1 aliphatic heterocycles. The molecule has 180 valence electrons. The van der Waals surface area contributed by atoms with E-state index in [1.807, 2.05) is 6.92 Å². The first-order valence-electron chi connectivity index (χ1n) is 10.5. The first-order chi connectivity index (χ1) is 16.2. The first kappa shape index (κ1) is 23.5. The molecular formula is C22H24F3N7O2. The zero-order valence-electron chi connectivity index (χ0n) is 19.1. The van der Waals surface area contributed by atoms with Gasteiger partial charge >= 0.3 is 0 Å². The van der Waals surface area contributed by atoms with E-state index >= 15 is 0 Å². The Bertz CT molecular complexity index is 1200. The van der Waals surface area contributed by atoms with Crippen molar-refractivity contribution in [1.29, 1.82) is 0 Å². The summed E-state index contributed by atoms with van der Waals surface area (Å²) in [4.78, 5) is 24.9. The third-order valence-electron chi connectivity index (χ3n) is 5.79. The number of benzene rings is 1. The molecule has 0 fully saturated rings. The van der Waals surface area contributed by atoms with Gasteiger partial charge in [0, 0.05) is 39.5 Å². The lowest BCUT2D eigenvalue weighted by Gasteiger charge is -2.40. The first-order valence-corrected chi connectivity index (χ1v) is 10.5. The smallest absolute Gasteiger partial charge is 0.252 e. The molecule has 1 unspecified atom stereocenters. The van der Waals surface area contributed by atoms with Crippen molar-refractivity contribution in [2.75, 3.05) is 36.3 Å². The summed E-state index contributed by atoms with van der Waals surface area (Å²) in [5.41, 5.74) is 1.61. The van der Waals surface area contributed by atoms with Crippen LogP contribution in [0.25, 0.3) is 0 Å². The quantitative estimate of drug-likeness (QED) is 0.526. The molecule has 3 aromatic rings. The van der Waals surface area contributed by atoms with Gasteiger partial charge in [0.1, 0.15) is 11.7 Å². The van der Waals surface area contributed by atoms with E-state index in [1.54, 1.807) is 44.7 Å². The molecule has 4 rings (SSSR count). The summed E-state index contributed by atoms with van der Waals surface area (Å²) in [6.07, 6.45) is 4.53. The minimum atomic E-state index is -1.50. The van der Waals surface area contributed by atoms with Gasteiger partial charge in [-0.2, -0.15) is 10.1 Å². The Balaban J connectivity index is 1.46. The normalized spacial score (nSPS) is 16.6. The Kier molecular flexibility index (Phi) is 6.42. The summed E-state index contributed by atoms with van der Waals surface area (Å²) in [6, 6.07) is 1.36. The molecule has 12 heteroatoms. The zero-order valence-corrected chi connectivity index (χ0v) is 19.1. The number of carbonyl (C=O) groups excluding carboxylic acids is 1. The van der Waals surface area contributed by atoms with Crippen molar-refractivity contribution in [3.05, 3.63) is 59.3 Å². The highest BCUT2D eigenvalue weighted by Crippen LogP contribution is 2.34. The van der Waals surface area contributed by atoms with E-state index in [0.29, 0.717) is 24.0 Å². The van der Waals surface area contributed by atoms with Gasteiger partial charge in [0.25, 0.3) is 5.91 Å². The predicted molar refractivity (Wildman–Crippen MR) is 119 cm³/mol. The highest BCUT2D eigenvalue weighted by Gasteiger charge is 2.39. The van der Waals surface area contributed by atoms with E-state index in [-0.39, 0.29) is 24.1 Å². The lowest BCUT2D eigenvalue weighted by molar-refractivity contribution is -0.122. The highest BCUT2D eigenvalue weighted by molar-refractivity contribution is 6.04. The molecule has 9 nitrogen and oxygen atoms in total. The molecule has 0 saturated carbocycles. The Hall–Kier alpha value is -3.67. The number of methoxy groups -OCH3 is 1. The van der Waals surface area contributed by atoms with Crippen molar-refractivity contribution in [2.24, 2.45) is 0 Å². The van der Waals surface area contributed by atoms with Crippen LogP contribution in [-0.2, 0) is 22.6 Å². The monoisotopic (exact) mass is 475 g/mol. The van der Waals surface area contributed by atoms with Crippen LogP contribution in [0.3, 0.4) is 0 Å². The molecule has 0 bridgehead atoms. The van der Waals surface area contributed by atoms with Crippen LogP contribution in [0.15, 0.2) is 30.7 Å². The Morgan fingerprint density at radius 1 is 1.15 bits per heavy atom. The maximum absolute atomic E-state index is 13.4. The van der Waals surface area contributed by atoms with E-state index in [2.05, 4.69) is 20.4 Å². The number of hydrogen-bond donors (Lipinski definition) is 1. The summed E-state index contributed by atoms with van der Waals surface area (Å²) >= 11 is 0. The third kappa shape index (κ3) is 4.40. The van der Waals surface area contributed by atoms with Crippen molar-refractivity contribution in [3.63, 3.8) is 0 Å². The standard InChI is InChI=1S/C22H24F3N7O2/c1-12(34-4)19-21(33)30(2)17-9-27-22(29-20(17)31(19)3)26-7-14-8-28-32(11-14)10-13-5-15(23)18(25)16(24)6-13/h5-6,8-9,11-12,19H,7,10H2,1-4H3,(H,26,27,29)/t12?,19-/m0/s1. The van der Waals surface area contributed by atoms with Crippen LogP contribution < -0.4 is 15.1 Å². The molecule has 1 N–H and O–H groups in total. The second-order valence-corrected chi connectivity index (χ2v) is 8.07. The number of aromatic nitrogens is 4. The van der Waals surface area contributed by atoms with Gasteiger partial charge in [-0.3, -0.25) is 9.48 Å². The van der Waals surface area contributed by atoms with Gasteiger partial charge in [-0.25, -0.2) is 18.2 Å². The van der Waals surface area contributed by atoms with Gasteiger partial charge in [-0.05, 0) is 24.6 Å². The minimum Gasteiger partial charge on any atom is -0.379 e. The van der Waals surface area contributed by atoms with Crippen molar-refractivity contribution in [3.8, 4) is 0 Å². The van der Waals surface area contributed by atoms with Gasteiger partial charge in [0.05, 0.1) is 25.0 Å². The second-order valence-electron chi connectivity index (χ2n) is 8.07. The molecular weight excluding hydrogens is 451 g/mol. The van der Waals surface area contributed by atoms with E-state index in [9.17, 15) is 18.0 Å². The van der Waals surface area contributed by atoms with Gasteiger partial charge in [0.2, 0.25) is 5.95 Å². The van der Waals surface area contributed by atoms with Crippen LogP contribution >= 0.6 is 0 Å². The molecule has 0 aliphatic carbocycles. The topological polar surface area (TPSA) is 88.4 Å². The largest absolute Gasteiger partial charge is 0.379 e. The summed E-state index contributed by atoms with van der Waals surface area (Å²) < 4.78 is 46.9. The maximum Gasteiger partial charge on any atom is 0.252 e. The van der Waals surface area contributed by atoms with Crippen LogP contribution in [0, 0.1) is 17.5 Å². The number of anilines is 3. The molecule has 34 heavy (non-hydrogen) atoms. The van der Waals surface area contributed by atoms with Crippen molar-refractivity contribution < 1.29 is 22.7 Å². The average molecular weight is 475 g/mol. The second kappa shape index (κ2) is 9.29. The number of carbonyl (C=O) groups is 1. The molecule has 1 aliphatic rings. The molecule has 0 spiro atoms. The maximum atomic E-state index is 13.4. The van der Waals surface area contributed by atoms with Gasteiger partial charge < -0.3 is 19.9 Å². The fourth-order valence-electron chi connectivity index (χ4n) is 3.86. The Morgan fingerprint density at radius 3 is 2.53 bits per heavy atom. The molecule has 2 aromatic heterocycles. The fourth-order valence-corrected chi connectivity index (χ4v) is 3.86. The van der Waals surface area contributed by atoms with E-state index in [1.165, 1.54) is 9.58 Å². The number of rotatable bonds is 7. The highest BCUT2D eigenvalue weighted by atomic mass is 19.2. The third-order valence-corrected chi connectivity index (χ3v) is 5.79. The SMILES string of the molecule is COC(C)[C@H]1C(=O)N(C)c2cnc(NCc3cnn(Cc4cc(F)c(F)c(F)c4)c3)nc2N1C. The summed E-state index contributed by atoms with van der Waals surface area (Å²) in [5.74, 6) is -3.15. The van der Waals surface area contributed by atoms with E-state index in [0.717, 1.165) is 17.7 Å². The Labute approximate surface area is 194 Å². The number of halogens is 3. The molecule has 1 amide bonds. The van der Waals surface area contributed by atoms with Crippen molar-refractivity contribution >= 4 is 23.4 Å². The van der Waals surface area contributed by atoms with Crippen LogP contribution in [-0.4, -0.2) is 59.0 Å². The number of nitrogens with one attached hydrogen (secondary N) is 1. The number of nitrogens with zero attached hydrogens (tertiary/aromatic N) is 6. The minimum absolute atomic E-state index is 0.0771. The summed E-state index contributed by atoms with van der Waals surface area (Å²) in [7, 11) is 5.01. The zero-order chi connectivity index (χ0) is 24.6. The van der Waals surface area contributed by atoms with E-state index in [4.69, 9.17) is 4.74 Å². The number of ether oxygens (including phenoxy) is 1. The lowest BCUT2D eigenvalue weighted by Crippen LogP contribution is -2.56. The summed E-state index contributed by atoms with van der Waals surface area (Å²) in [5, 5.41) is 7.29. The number of fused-ring (bicyclic) bond motifs is 1. The molecule has 2 atom stereocenters. The molecule has 0 radical (unpaired) electrons. The molecule has 3 heterocycles. The van der Waals surface area contributed by atoms with Gasteiger partial charge in [0.15, 0.2) is 23.3 Å². The predicted octanol–water partition coefficient (Wildman–Crippen LogP) is 2.57. The lowest BCUT2D eigenvalue weighted by atomic mass is 10.1. The van der Waals surface area contributed by atoms with E-state index < -0.39 is 23.5 Å². The molecule has 0 saturated heterocycles. The number of hydrogen-bond acceptors (Lipinski definition) is 7. The van der Waals surface area contributed by atoms with Crippen LogP contribution in [0.5, 0.6) is 0 Å². The van der Waals surface area contributed by atoms with Gasteiger partial charge in [-0.15, -0.1) is 0 Å². The fraction of sp³-hybridized carbons (Fsp3) is 0.364. The average Bonchev–Trinajstić information content (AvgIpc) is 3.26. The summed E-state index contributed by atoms with van der Waals surface area (Å²) in [6.45, 7) is 2.24. The Morgan fingerprint density at radius 2 is 1.85 bits per heavy atom. The molecule has 1 aromatic carbocycles.